The SMILES string of the molecule is C[C@H]1Cn2ncc(N3CC(O)CNS3(=O)=O)c2CN1C(=O)Cc1cc(F)c(F)c(F)c1. The van der Waals surface area contributed by atoms with Crippen molar-refractivity contribution in [1.82, 2.24) is 19.4 Å². The van der Waals surface area contributed by atoms with Crippen molar-refractivity contribution in [2.75, 3.05) is 17.4 Å². The van der Waals surface area contributed by atoms with Crippen molar-refractivity contribution < 1.29 is 31.5 Å². The molecule has 1 amide bonds. The molecule has 0 spiro atoms. The highest BCUT2D eigenvalue weighted by molar-refractivity contribution is 7.91. The Kier molecular flexibility index (Phi) is 5.43. The zero-order valence-electron chi connectivity index (χ0n) is 16.4. The Morgan fingerprint density at radius 2 is 1.94 bits per heavy atom. The number of aliphatic hydroxyl groups is 1. The normalized spacial score (nSPS) is 23.0. The molecular weight excluding hydrogens is 439 g/mol. The van der Waals surface area contributed by atoms with Crippen molar-refractivity contribution in [1.29, 1.82) is 0 Å². The van der Waals surface area contributed by atoms with Gasteiger partial charge in [-0.2, -0.15) is 18.2 Å². The van der Waals surface area contributed by atoms with Crippen molar-refractivity contribution >= 4 is 21.8 Å². The van der Waals surface area contributed by atoms with Crippen LogP contribution in [0.3, 0.4) is 0 Å². The number of hydrogen-bond acceptors (Lipinski definition) is 5. The molecule has 2 N–H and O–H groups in total. The fraction of sp³-hybridized carbons (Fsp3) is 0.444. The molecule has 3 heterocycles. The monoisotopic (exact) mass is 459 g/mol. The first kappa shape index (κ1) is 21.6. The molecule has 4 rings (SSSR count). The lowest BCUT2D eigenvalue weighted by Gasteiger charge is -2.36. The summed E-state index contributed by atoms with van der Waals surface area (Å²) in [5.74, 6) is -4.82. The molecule has 2 aliphatic heterocycles. The number of carbonyl (C=O) groups is 1. The molecule has 0 saturated carbocycles. The third-order valence-corrected chi connectivity index (χ3v) is 6.83. The van der Waals surface area contributed by atoms with Crippen molar-refractivity contribution in [2.45, 2.75) is 38.6 Å². The number of β-amino-alcohol motifs (C(OH)–C–C–N with tert-alkyl or cyclic N) is 1. The van der Waals surface area contributed by atoms with Crippen LogP contribution in [0, 0.1) is 17.5 Å². The first-order valence-electron chi connectivity index (χ1n) is 9.49. The molecule has 1 unspecified atom stereocenters. The van der Waals surface area contributed by atoms with Crippen LogP contribution in [0.2, 0.25) is 0 Å². The molecule has 13 heteroatoms. The molecule has 0 aliphatic carbocycles. The quantitative estimate of drug-likeness (QED) is 0.642. The summed E-state index contributed by atoms with van der Waals surface area (Å²) in [5, 5.41) is 14.1. The number of nitrogens with one attached hydrogen (secondary N) is 1. The van der Waals surface area contributed by atoms with Crippen molar-refractivity contribution in [3.05, 3.63) is 47.0 Å². The molecule has 9 nitrogen and oxygen atoms in total. The first-order valence-corrected chi connectivity index (χ1v) is 10.9. The van der Waals surface area contributed by atoms with E-state index in [2.05, 4.69) is 9.82 Å². The van der Waals surface area contributed by atoms with E-state index in [0.29, 0.717) is 5.69 Å². The number of rotatable bonds is 3. The summed E-state index contributed by atoms with van der Waals surface area (Å²) in [6.07, 6.45) is 0.0880. The van der Waals surface area contributed by atoms with Crippen LogP contribution in [0.5, 0.6) is 0 Å². The molecule has 2 atom stereocenters. The lowest BCUT2D eigenvalue weighted by atomic mass is 10.1. The molecule has 168 valence electrons. The summed E-state index contributed by atoms with van der Waals surface area (Å²) in [4.78, 5) is 14.3. The summed E-state index contributed by atoms with van der Waals surface area (Å²) in [6, 6.07) is 1.21. The predicted molar refractivity (Wildman–Crippen MR) is 103 cm³/mol. The molecule has 2 aliphatic rings. The minimum absolute atomic E-state index is 0.00358. The molecule has 1 aromatic heterocycles. The smallest absolute Gasteiger partial charge is 0.301 e. The van der Waals surface area contributed by atoms with Crippen LogP contribution < -0.4 is 9.03 Å². The third-order valence-electron chi connectivity index (χ3n) is 5.37. The van der Waals surface area contributed by atoms with Gasteiger partial charge in [-0.1, -0.05) is 0 Å². The molecule has 0 radical (unpaired) electrons. The molecule has 2 aromatic rings. The van der Waals surface area contributed by atoms with Gasteiger partial charge >= 0.3 is 10.2 Å². The Morgan fingerprint density at radius 3 is 2.61 bits per heavy atom. The summed E-state index contributed by atoms with van der Waals surface area (Å²) in [6.45, 7) is 1.78. The summed E-state index contributed by atoms with van der Waals surface area (Å²) in [5.41, 5.74) is 0.663. The minimum atomic E-state index is -3.88. The van der Waals surface area contributed by atoms with E-state index in [-0.39, 0.29) is 49.9 Å². The van der Waals surface area contributed by atoms with Crippen molar-refractivity contribution in [2.24, 2.45) is 0 Å². The number of amides is 1. The Bertz CT molecular complexity index is 1120. The number of aliphatic hydroxyl groups excluding tert-OH is 1. The van der Waals surface area contributed by atoms with Crippen LogP contribution in [0.15, 0.2) is 18.3 Å². The lowest BCUT2D eigenvalue weighted by Crippen LogP contribution is -2.54. The topological polar surface area (TPSA) is 108 Å². The van der Waals surface area contributed by atoms with E-state index in [1.54, 1.807) is 11.6 Å². The number of anilines is 1. The number of fused-ring (bicyclic) bond motifs is 1. The third kappa shape index (κ3) is 4.00. The molecule has 0 bridgehead atoms. The van der Waals surface area contributed by atoms with Crippen LogP contribution in [-0.4, -0.2) is 59.3 Å². The van der Waals surface area contributed by atoms with Crippen molar-refractivity contribution in [3.63, 3.8) is 0 Å². The largest absolute Gasteiger partial charge is 0.390 e. The number of aromatic nitrogens is 2. The van der Waals surface area contributed by atoms with E-state index in [1.807, 2.05) is 0 Å². The number of nitrogens with zero attached hydrogens (tertiary/aromatic N) is 4. The lowest BCUT2D eigenvalue weighted by molar-refractivity contribution is -0.134. The Hall–Kier alpha value is -2.64. The maximum atomic E-state index is 13.5. The second kappa shape index (κ2) is 7.80. The average Bonchev–Trinajstić information content (AvgIpc) is 3.09. The second-order valence-electron chi connectivity index (χ2n) is 7.62. The highest BCUT2D eigenvalue weighted by Crippen LogP contribution is 2.30. The number of carbonyl (C=O) groups excluding carboxylic acids is 1. The number of hydrogen-bond donors (Lipinski definition) is 2. The van der Waals surface area contributed by atoms with Gasteiger partial charge in [0.2, 0.25) is 5.91 Å². The van der Waals surface area contributed by atoms with Gasteiger partial charge < -0.3 is 10.0 Å². The van der Waals surface area contributed by atoms with Crippen LogP contribution in [0.25, 0.3) is 0 Å². The predicted octanol–water partition coefficient (Wildman–Crippen LogP) is 0.289. The fourth-order valence-electron chi connectivity index (χ4n) is 3.78. The van der Waals surface area contributed by atoms with Gasteiger partial charge in [-0.25, -0.2) is 13.2 Å². The summed E-state index contributed by atoms with van der Waals surface area (Å²) >= 11 is 0. The standard InChI is InChI=1S/C18H20F3N5O4S/c1-10-7-25-16(15(6-22-25)26-8-12(27)5-23-31(26,29)30)9-24(10)17(28)4-11-2-13(19)18(21)14(20)3-11/h2-3,6,10,12,23,27H,4-5,7-9H2,1H3/t10-,12?/m0/s1. The van der Waals surface area contributed by atoms with Gasteiger partial charge in [-0.15, -0.1) is 0 Å². The maximum Gasteiger partial charge on any atom is 0.301 e. The van der Waals surface area contributed by atoms with Crippen molar-refractivity contribution in [3.8, 4) is 0 Å². The van der Waals surface area contributed by atoms with Crippen LogP contribution in [-0.2, 0) is 34.5 Å². The maximum absolute atomic E-state index is 13.5. The average molecular weight is 459 g/mol. The number of halogens is 3. The molecule has 1 saturated heterocycles. The molecule has 31 heavy (non-hydrogen) atoms. The number of benzene rings is 1. The van der Waals surface area contributed by atoms with Gasteiger partial charge in [0.25, 0.3) is 0 Å². The zero-order chi connectivity index (χ0) is 22.5. The summed E-state index contributed by atoms with van der Waals surface area (Å²) in [7, 11) is -3.88. The van der Waals surface area contributed by atoms with E-state index in [0.717, 1.165) is 16.4 Å². The van der Waals surface area contributed by atoms with Gasteiger partial charge in [0.05, 0.1) is 49.7 Å². The van der Waals surface area contributed by atoms with Gasteiger partial charge in [-0.3, -0.25) is 13.8 Å². The summed E-state index contributed by atoms with van der Waals surface area (Å²) < 4.78 is 69.8. The van der Waals surface area contributed by atoms with E-state index in [1.165, 1.54) is 11.1 Å². The van der Waals surface area contributed by atoms with E-state index < -0.39 is 39.7 Å². The Labute approximate surface area is 176 Å². The van der Waals surface area contributed by atoms with E-state index in [4.69, 9.17) is 0 Å². The Morgan fingerprint density at radius 1 is 1.26 bits per heavy atom. The minimum Gasteiger partial charge on any atom is -0.390 e. The van der Waals surface area contributed by atoms with E-state index >= 15 is 0 Å². The molecule has 1 aromatic carbocycles. The zero-order valence-corrected chi connectivity index (χ0v) is 17.2. The highest BCUT2D eigenvalue weighted by Gasteiger charge is 2.36. The van der Waals surface area contributed by atoms with E-state index in [9.17, 15) is 31.5 Å². The van der Waals surface area contributed by atoms with Crippen LogP contribution in [0.4, 0.5) is 18.9 Å². The highest BCUT2D eigenvalue weighted by atomic mass is 32.2. The first-order chi connectivity index (χ1) is 14.6. The fourth-order valence-corrected chi connectivity index (χ4v) is 5.12. The second-order valence-corrected chi connectivity index (χ2v) is 9.30. The van der Waals surface area contributed by atoms with Gasteiger partial charge in [0, 0.05) is 12.6 Å². The van der Waals surface area contributed by atoms with Crippen LogP contribution in [0.1, 0.15) is 18.2 Å². The molecule has 1 fully saturated rings. The Balaban J connectivity index is 1.59. The van der Waals surface area contributed by atoms with Crippen LogP contribution >= 0.6 is 0 Å². The van der Waals surface area contributed by atoms with Gasteiger partial charge in [0.15, 0.2) is 17.5 Å². The van der Waals surface area contributed by atoms with Gasteiger partial charge in [0.1, 0.15) is 0 Å². The van der Waals surface area contributed by atoms with Gasteiger partial charge in [-0.05, 0) is 24.6 Å². The molecular formula is C18H20F3N5O4S.